The highest BCUT2D eigenvalue weighted by Gasteiger charge is 2.32. The zero-order valence-electron chi connectivity index (χ0n) is 16.4. The Balaban J connectivity index is 1.51. The van der Waals surface area contributed by atoms with Gasteiger partial charge in [0.2, 0.25) is 5.91 Å². The molecule has 1 fully saturated rings. The van der Waals surface area contributed by atoms with Gasteiger partial charge >= 0.3 is 6.09 Å². The minimum Gasteiger partial charge on any atom is -0.488 e. The van der Waals surface area contributed by atoms with Crippen LogP contribution in [0.4, 0.5) is 20.6 Å². The average molecular weight is 418 g/mol. The molecular formula is C20H23FN4O5. The summed E-state index contributed by atoms with van der Waals surface area (Å²) in [5, 5.41) is 15.6. The number of carbonyl (C=O) groups is 2. The third-order valence-electron chi connectivity index (χ3n) is 4.33. The minimum atomic E-state index is -0.861. The van der Waals surface area contributed by atoms with E-state index in [9.17, 15) is 19.1 Å². The van der Waals surface area contributed by atoms with Crippen LogP contribution in [0.1, 0.15) is 6.92 Å². The summed E-state index contributed by atoms with van der Waals surface area (Å²) in [6.45, 7) is 1.86. The molecule has 1 aliphatic heterocycles. The molecule has 0 radical (unpaired) electrons. The van der Waals surface area contributed by atoms with Gasteiger partial charge in [-0.25, -0.2) is 9.18 Å². The van der Waals surface area contributed by atoms with Crippen LogP contribution in [0.15, 0.2) is 42.7 Å². The topological polar surface area (TPSA) is 113 Å². The molecule has 2 heterocycles. The third kappa shape index (κ3) is 5.80. The van der Waals surface area contributed by atoms with Crippen molar-refractivity contribution in [2.24, 2.45) is 0 Å². The first-order valence-corrected chi connectivity index (χ1v) is 9.39. The molecule has 1 aliphatic rings. The van der Waals surface area contributed by atoms with Gasteiger partial charge in [-0.1, -0.05) is 0 Å². The molecule has 0 saturated carbocycles. The Bertz CT molecular complexity index is 883. The number of halogens is 1. The number of rotatable bonds is 9. The van der Waals surface area contributed by atoms with Gasteiger partial charge in [0, 0.05) is 37.6 Å². The van der Waals surface area contributed by atoms with Crippen molar-refractivity contribution in [3.63, 3.8) is 0 Å². The number of carbonyl (C=O) groups excluding carboxylic acids is 2. The zero-order chi connectivity index (χ0) is 21.5. The minimum absolute atomic E-state index is 0.0379. The molecular weight excluding hydrogens is 395 g/mol. The Morgan fingerprint density at radius 2 is 2.17 bits per heavy atom. The molecule has 0 unspecified atom stereocenters. The van der Waals surface area contributed by atoms with Crippen molar-refractivity contribution in [2.45, 2.75) is 19.1 Å². The lowest BCUT2D eigenvalue weighted by molar-refractivity contribution is -0.119. The van der Waals surface area contributed by atoms with Gasteiger partial charge in [0.1, 0.15) is 18.8 Å². The monoisotopic (exact) mass is 418 g/mol. The van der Waals surface area contributed by atoms with E-state index in [0.29, 0.717) is 5.69 Å². The van der Waals surface area contributed by atoms with E-state index < -0.39 is 24.1 Å². The number of cyclic esters (lactones) is 1. The molecule has 0 aliphatic carbocycles. The second kappa shape index (κ2) is 9.88. The van der Waals surface area contributed by atoms with Gasteiger partial charge in [-0.3, -0.25) is 14.7 Å². The fourth-order valence-electron chi connectivity index (χ4n) is 2.82. The number of nitrogens with one attached hydrogen (secondary N) is 2. The normalized spacial score (nSPS) is 16.7. The Morgan fingerprint density at radius 1 is 1.40 bits per heavy atom. The van der Waals surface area contributed by atoms with Crippen molar-refractivity contribution in [1.82, 2.24) is 10.3 Å². The molecule has 3 N–H and O–H groups in total. The maximum atomic E-state index is 14.4. The van der Waals surface area contributed by atoms with Gasteiger partial charge in [0.25, 0.3) is 0 Å². The summed E-state index contributed by atoms with van der Waals surface area (Å²) < 4.78 is 24.9. The number of aliphatic hydroxyl groups is 1. The summed E-state index contributed by atoms with van der Waals surface area (Å²) >= 11 is 0. The average Bonchev–Trinajstić information content (AvgIpc) is 3.11. The molecule has 0 bridgehead atoms. The van der Waals surface area contributed by atoms with Crippen LogP contribution in [0.5, 0.6) is 5.75 Å². The van der Waals surface area contributed by atoms with Crippen molar-refractivity contribution in [3.05, 3.63) is 48.5 Å². The Morgan fingerprint density at radius 3 is 2.87 bits per heavy atom. The quantitative estimate of drug-likeness (QED) is 0.566. The van der Waals surface area contributed by atoms with E-state index in [2.05, 4.69) is 15.6 Å². The van der Waals surface area contributed by atoms with Gasteiger partial charge in [-0.15, -0.1) is 0 Å². The number of benzene rings is 1. The highest BCUT2D eigenvalue weighted by Crippen LogP contribution is 2.27. The van der Waals surface area contributed by atoms with Crippen LogP contribution in [0, 0.1) is 5.82 Å². The van der Waals surface area contributed by atoms with Crippen LogP contribution < -0.4 is 20.3 Å². The first-order valence-electron chi connectivity index (χ1n) is 9.39. The predicted molar refractivity (Wildman–Crippen MR) is 107 cm³/mol. The predicted octanol–water partition coefficient (Wildman–Crippen LogP) is 1.53. The van der Waals surface area contributed by atoms with Gasteiger partial charge < -0.3 is 25.2 Å². The lowest BCUT2D eigenvalue weighted by Crippen LogP contribution is -2.33. The summed E-state index contributed by atoms with van der Waals surface area (Å²) in [6, 6.07) is 7.61. The number of aliphatic hydroxyl groups excluding tert-OH is 1. The molecule has 9 nitrogen and oxygen atoms in total. The van der Waals surface area contributed by atoms with Crippen LogP contribution >= 0.6 is 0 Å². The fourth-order valence-corrected chi connectivity index (χ4v) is 2.82. The molecule has 2 aromatic rings. The SMILES string of the molecule is CC(=O)NC[C@H]1CN(c2ccc(OC[C@H](O)CNc3ccncc3)c(F)c2)C(=O)O1. The summed E-state index contributed by atoms with van der Waals surface area (Å²) in [6.07, 6.45) is 1.26. The van der Waals surface area contributed by atoms with Crippen molar-refractivity contribution < 1.29 is 28.6 Å². The maximum Gasteiger partial charge on any atom is 0.414 e. The van der Waals surface area contributed by atoms with Gasteiger partial charge in [0.15, 0.2) is 11.6 Å². The van der Waals surface area contributed by atoms with E-state index in [1.807, 2.05) is 0 Å². The second-order valence-electron chi connectivity index (χ2n) is 6.75. The molecule has 2 amide bonds. The van der Waals surface area contributed by atoms with Crippen molar-refractivity contribution in [1.29, 1.82) is 0 Å². The highest BCUT2D eigenvalue weighted by molar-refractivity contribution is 5.89. The molecule has 1 saturated heterocycles. The molecule has 1 aromatic heterocycles. The molecule has 1 aromatic carbocycles. The van der Waals surface area contributed by atoms with E-state index in [0.717, 1.165) is 5.69 Å². The van der Waals surface area contributed by atoms with Crippen LogP contribution in [0.25, 0.3) is 0 Å². The number of pyridine rings is 1. The Labute approximate surface area is 172 Å². The maximum absolute atomic E-state index is 14.4. The molecule has 3 rings (SSSR count). The fraction of sp³-hybridized carbons (Fsp3) is 0.350. The van der Waals surface area contributed by atoms with Crippen LogP contribution in [0.3, 0.4) is 0 Å². The molecule has 10 heteroatoms. The summed E-state index contributed by atoms with van der Waals surface area (Å²) in [4.78, 5) is 28.2. The summed E-state index contributed by atoms with van der Waals surface area (Å²) in [5.41, 5.74) is 1.11. The number of nitrogens with zero attached hydrogens (tertiary/aromatic N) is 2. The van der Waals surface area contributed by atoms with Crippen molar-refractivity contribution in [3.8, 4) is 5.75 Å². The summed E-state index contributed by atoms with van der Waals surface area (Å²) in [5.74, 6) is -0.931. The van der Waals surface area contributed by atoms with Gasteiger partial charge in [-0.2, -0.15) is 0 Å². The van der Waals surface area contributed by atoms with E-state index in [1.165, 1.54) is 30.0 Å². The van der Waals surface area contributed by atoms with Crippen LogP contribution in [-0.4, -0.2) is 60.5 Å². The first kappa shape index (κ1) is 21.3. The van der Waals surface area contributed by atoms with E-state index in [1.54, 1.807) is 24.5 Å². The van der Waals surface area contributed by atoms with E-state index >= 15 is 0 Å². The Hall–Kier alpha value is -3.40. The van der Waals surface area contributed by atoms with Crippen LogP contribution in [0.2, 0.25) is 0 Å². The lowest BCUT2D eigenvalue weighted by Gasteiger charge is -2.16. The molecule has 0 spiro atoms. The third-order valence-corrected chi connectivity index (χ3v) is 4.33. The number of anilines is 2. The van der Waals surface area contributed by atoms with Crippen LogP contribution in [-0.2, 0) is 9.53 Å². The van der Waals surface area contributed by atoms with Gasteiger partial charge in [-0.05, 0) is 24.3 Å². The Kier molecular flexibility index (Phi) is 7.02. The lowest BCUT2D eigenvalue weighted by atomic mass is 10.2. The smallest absolute Gasteiger partial charge is 0.414 e. The van der Waals surface area contributed by atoms with Crippen molar-refractivity contribution >= 4 is 23.4 Å². The summed E-state index contributed by atoms with van der Waals surface area (Å²) in [7, 11) is 0. The molecule has 2 atom stereocenters. The number of aromatic nitrogens is 1. The largest absolute Gasteiger partial charge is 0.488 e. The van der Waals surface area contributed by atoms with Crippen molar-refractivity contribution in [2.75, 3.05) is 36.5 Å². The number of ether oxygens (including phenoxy) is 2. The first-order chi connectivity index (χ1) is 14.4. The highest BCUT2D eigenvalue weighted by atomic mass is 19.1. The number of hydrogen-bond acceptors (Lipinski definition) is 7. The van der Waals surface area contributed by atoms with E-state index in [4.69, 9.17) is 9.47 Å². The second-order valence-corrected chi connectivity index (χ2v) is 6.75. The number of amides is 2. The molecule has 160 valence electrons. The van der Waals surface area contributed by atoms with Gasteiger partial charge in [0.05, 0.1) is 18.8 Å². The number of hydrogen-bond donors (Lipinski definition) is 3. The zero-order valence-corrected chi connectivity index (χ0v) is 16.4. The van der Waals surface area contributed by atoms with E-state index in [-0.39, 0.29) is 37.9 Å². The standard InChI is InChI=1S/C20H23FN4O5/c1-13(26)23-10-17-11-25(20(28)30-17)15-2-3-19(18(21)8-15)29-12-16(27)9-24-14-4-6-22-7-5-14/h2-8,16-17,27H,9-12H2,1H3,(H,22,24)(H,23,26)/t16-,17+/m1/s1. The molecule has 30 heavy (non-hydrogen) atoms.